The number of hydrogen-bond acceptors (Lipinski definition) is 1. The van der Waals surface area contributed by atoms with Gasteiger partial charge in [0.1, 0.15) is 0 Å². The average molecular weight is 197 g/mol. The summed E-state index contributed by atoms with van der Waals surface area (Å²) in [7, 11) is 0. The summed E-state index contributed by atoms with van der Waals surface area (Å²) in [5, 5.41) is 10.5. The van der Waals surface area contributed by atoms with Crippen molar-refractivity contribution in [3.05, 3.63) is 34.3 Å². The van der Waals surface area contributed by atoms with Crippen LogP contribution in [0.25, 0.3) is 0 Å². The molecule has 0 aromatic heterocycles. The van der Waals surface area contributed by atoms with Gasteiger partial charge in [-0.25, -0.2) is 0 Å². The molecule has 0 bridgehead atoms. The number of hydrogen-bond donors (Lipinski definition) is 1. The zero-order valence-corrected chi connectivity index (χ0v) is 8.60. The first-order valence-electron chi connectivity index (χ1n) is 4.49. The Morgan fingerprint density at radius 3 is 2.85 bits per heavy atom. The predicted molar refractivity (Wildman–Crippen MR) is 54.1 cm³/mol. The van der Waals surface area contributed by atoms with Crippen LogP contribution in [0.2, 0.25) is 5.02 Å². The molecule has 0 saturated heterocycles. The van der Waals surface area contributed by atoms with Gasteiger partial charge in [0.05, 0.1) is 6.10 Å². The van der Waals surface area contributed by atoms with Gasteiger partial charge in [-0.15, -0.1) is 0 Å². The van der Waals surface area contributed by atoms with E-state index in [9.17, 15) is 5.11 Å². The maximum absolute atomic E-state index is 9.78. The van der Waals surface area contributed by atoms with Crippen LogP contribution in [0.15, 0.2) is 18.2 Å². The Morgan fingerprint density at radius 1 is 1.46 bits per heavy atom. The summed E-state index contributed by atoms with van der Waals surface area (Å²) in [6, 6.07) is 5.78. The van der Waals surface area contributed by atoms with Gasteiger partial charge in [-0.1, -0.05) is 31.5 Å². The summed E-state index contributed by atoms with van der Waals surface area (Å²) in [6.07, 6.45) is 0.451. The number of aliphatic hydroxyl groups is 1. The molecule has 0 unspecified atom stereocenters. The molecule has 0 fully saturated rings. The summed E-state index contributed by atoms with van der Waals surface area (Å²) in [6.45, 7) is 4.30. The SMILES string of the molecule is CC1(C)C[C@@H](O)c2cc(Cl)ccc21. The van der Waals surface area contributed by atoms with Gasteiger partial charge in [0.25, 0.3) is 0 Å². The number of benzene rings is 1. The maximum atomic E-state index is 9.78. The van der Waals surface area contributed by atoms with Gasteiger partial charge in [-0.3, -0.25) is 0 Å². The fourth-order valence-corrected chi connectivity index (χ4v) is 2.31. The topological polar surface area (TPSA) is 20.2 Å². The van der Waals surface area contributed by atoms with Crippen molar-refractivity contribution in [3.63, 3.8) is 0 Å². The minimum absolute atomic E-state index is 0.0827. The third-order valence-electron chi connectivity index (χ3n) is 2.81. The molecule has 1 N–H and O–H groups in total. The smallest absolute Gasteiger partial charge is 0.0801 e. The molecule has 0 spiro atoms. The van der Waals surface area contributed by atoms with E-state index in [4.69, 9.17) is 11.6 Å². The zero-order valence-electron chi connectivity index (χ0n) is 7.84. The van der Waals surface area contributed by atoms with Crippen molar-refractivity contribution in [3.8, 4) is 0 Å². The van der Waals surface area contributed by atoms with E-state index < -0.39 is 0 Å². The number of rotatable bonds is 0. The monoisotopic (exact) mass is 196 g/mol. The first kappa shape index (κ1) is 9.04. The normalized spacial score (nSPS) is 24.5. The lowest BCUT2D eigenvalue weighted by atomic mass is 9.87. The molecule has 1 aromatic carbocycles. The van der Waals surface area contributed by atoms with Gasteiger partial charge in [-0.05, 0) is 35.1 Å². The van der Waals surface area contributed by atoms with Crippen molar-refractivity contribution >= 4 is 11.6 Å². The van der Waals surface area contributed by atoms with Crippen LogP contribution in [0, 0.1) is 0 Å². The number of aliphatic hydroxyl groups excluding tert-OH is 1. The first-order valence-corrected chi connectivity index (χ1v) is 4.86. The van der Waals surface area contributed by atoms with Gasteiger partial charge < -0.3 is 5.11 Å². The minimum Gasteiger partial charge on any atom is -0.388 e. The van der Waals surface area contributed by atoms with Crippen LogP contribution in [-0.4, -0.2) is 5.11 Å². The second kappa shape index (κ2) is 2.73. The quantitative estimate of drug-likeness (QED) is 0.676. The molecule has 0 radical (unpaired) electrons. The molecule has 70 valence electrons. The van der Waals surface area contributed by atoms with Gasteiger partial charge in [0, 0.05) is 5.02 Å². The fraction of sp³-hybridized carbons (Fsp3) is 0.455. The molecule has 1 aromatic rings. The lowest BCUT2D eigenvalue weighted by Gasteiger charge is -2.18. The zero-order chi connectivity index (χ0) is 9.64. The summed E-state index contributed by atoms with van der Waals surface area (Å²) in [4.78, 5) is 0. The minimum atomic E-state index is -0.344. The van der Waals surface area contributed by atoms with E-state index >= 15 is 0 Å². The highest BCUT2D eigenvalue weighted by Crippen LogP contribution is 2.44. The predicted octanol–water partition coefficient (Wildman–Crippen LogP) is 3.05. The van der Waals surface area contributed by atoms with Crippen LogP contribution in [-0.2, 0) is 5.41 Å². The van der Waals surface area contributed by atoms with Crippen molar-refractivity contribution in [1.82, 2.24) is 0 Å². The molecule has 1 atom stereocenters. The van der Waals surface area contributed by atoms with Crippen molar-refractivity contribution in [2.45, 2.75) is 31.8 Å². The second-order valence-corrected chi connectivity index (χ2v) is 4.77. The molecule has 2 heteroatoms. The maximum Gasteiger partial charge on any atom is 0.0801 e. The molecule has 13 heavy (non-hydrogen) atoms. The third-order valence-corrected chi connectivity index (χ3v) is 3.04. The van der Waals surface area contributed by atoms with Gasteiger partial charge in [0.2, 0.25) is 0 Å². The number of halogens is 1. The van der Waals surface area contributed by atoms with Crippen LogP contribution < -0.4 is 0 Å². The van der Waals surface area contributed by atoms with E-state index in [0.717, 1.165) is 12.0 Å². The Balaban J connectivity index is 2.59. The van der Waals surface area contributed by atoms with Crippen molar-refractivity contribution < 1.29 is 5.11 Å². The molecular weight excluding hydrogens is 184 g/mol. The second-order valence-electron chi connectivity index (χ2n) is 4.34. The molecule has 0 saturated carbocycles. The van der Waals surface area contributed by atoms with E-state index in [-0.39, 0.29) is 11.5 Å². The summed E-state index contributed by atoms with van der Waals surface area (Å²) in [5.74, 6) is 0. The lowest BCUT2D eigenvalue weighted by molar-refractivity contribution is 0.161. The van der Waals surface area contributed by atoms with Crippen molar-refractivity contribution in [1.29, 1.82) is 0 Å². The summed E-state index contributed by atoms with van der Waals surface area (Å²) < 4.78 is 0. The van der Waals surface area contributed by atoms with E-state index in [0.29, 0.717) is 5.02 Å². The molecule has 0 amide bonds. The highest BCUT2D eigenvalue weighted by Gasteiger charge is 2.35. The molecule has 1 nitrogen and oxygen atoms in total. The average Bonchev–Trinajstić information content (AvgIpc) is 2.22. The van der Waals surface area contributed by atoms with Crippen molar-refractivity contribution in [2.75, 3.05) is 0 Å². The Hall–Kier alpha value is -0.530. The Kier molecular flexibility index (Phi) is 1.90. The number of fused-ring (bicyclic) bond motifs is 1. The van der Waals surface area contributed by atoms with Crippen LogP contribution in [0.3, 0.4) is 0 Å². The molecule has 1 aliphatic rings. The van der Waals surface area contributed by atoms with E-state index in [1.165, 1.54) is 5.56 Å². The lowest BCUT2D eigenvalue weighted by Crippen LogP contribution is -2.11. The summed E-state index contributed by atoms with van der Waals surface area (Å²) in [5.41, 5.74) is 2.31. The highest BCUT2D eigenvalue weighted by atomic mass is 35.5. The van der Waals surface area contributed by atoms with E-state index in [2.05, 4.69) is 13.8 Å². The van der Waals surface area contributed by atoms with Gasteiger partial charge in [0.15, 0.2) is 0 Å². The Labute approximate surface area is 83.3 Å². The summed E-state index contributed by atoms with van der Waals surface area (Å²) >= 11 is 5.87. The van der Waals surface area contributed by atoms with Crippen molar-refractivity contribution in [2.24, 2.45) is 0 Å². The first-order chi connectivity index (χ1) is 6.00. The van der Waals surface area contributed by atoms with Crippen LogP contribution in [0.5, 0.6) is 0 Å². The fourth-order valence-electron chi connectivity index (χ4n) is 2.13. The molecule has 0 heterocycles. The molecule has 2 rings (SSSR count). The standard InChI is InChI=1S/C11H13ClO/c1-11(2)6-10(13)8-5-7(12)3-4-9(8)11/h3-5,10,13H,6H2,1-2H3/t10-/m1/s1. The molecule has 0 aliphatic heterocycles. The highest BCUT2D eigenvalue weighted by molar-refractivity contribution is 6.30. The largest absolute Gasteiger partial charge is 0.388 e. The Bertz CT molecular complexity index is 344. The van der Waals surface area contributed by atoms with Gasteiger partial charge in [-0.2, -0.15) is 0 Å². The Morgan fingerprint density at radius 2 is 2.15 bits per heavy atom. The van der Waals surface area contributed by atoms with Crippen LogP contribution in [0.1, 0.15) is 37.5 Å². The van der Waals surface area contributed by atoms with Gasteiger partial charge >= 0.3 is 0 Å². The van der Waals surface area contributed by atoms with E-state index in [1.807, 2.05) is 18.2 Å². The molecule has 1 aliphatic carbocycles. The molecular formula is C11H13ClO. The van der Waals surface area contributed by atoms with Crippen LogP contribution >= 0.6 is 11.6 Å². The van der Waals surface area contributed by atoms with E-state index in [1.54, 1.807) is 0 Å². The van der Waals surface area contributed by atoms with Crippen LogP contribution in [0.4, 0.5) is 0 Å². The third kappa shape index (κ3) is 1.36.